The molecule has 4 heteroatoms. The molecule has 3 rings (SSSR count). The topological polar surface area (TPSA) is 34.1 Å². The van der Waals surface area contributed by atoms with E-state index in [1.807, 2.05) is 0 Å². The van der Waals surface area contributed by atoms with Gasteiger partial charge in [-0.05, 0) is 55.0 Å². The van der Waals surface area contributed by atoms with Gasteiger partial charge in [0.25, 0.3) is 0 Å². The van der Waals surface area contributed by atoms with Crippen LogP contribution in [0.25, 0.3) is 0 Å². The number of benzene rings is 2. The summed E-state index contributed by atoms with van der Waals surface area (Å²) in [6.07, 6.45) is 3.41. The van der Waals surface area contributed by atoms with Gasteiger partial charge < -0.3 is 0 Å². The van der Waals surface area contributed by atoms with E-state index in [1.165, 1.54) is 18.2 Å². The van der Waals surface area contributed by atoms with Crippen molar-refractivity contribution in [3.63, 3.8) is 0 Å². The van der Waals surface area contributed by atoms with E-state index < -0.39 is 15.7 Å². The van der Waals surface area contributed by atoms with E-state index in [2.05, 4.69) is 0 Å². The zero-order chi connectivity index (χ0) is 14.2. The van der Waals surface area contributed by atoms with E-state index in [0.29, 0.717) is 12.0 Å². The summed E-state index contributed by atoms with van der Waals surface area (Å²) in [5.41, 5.74) is 1.52. The van der Waals surface area contributed by atoms with E-state index in [4.69, 9.17) is 0 Å². The summed E-state index contributed by atoms with van der Waals surface area (Å²) in [7, 11) is -3.78. The summed E-state index contributed by atoms with van der Waals surface area (Å²) < 4.78 is 39.6. The van der Waals surface area contributed by atoms with Crippen molar-refractivity contribution >= 4 is 9.84 Å². The average molecular weight is 290 g/mol. The molecule has 0 saturated heterocycles. The second-order valence-electron chi connectivity index (χ2n) is 5.04. The van der Waals surface area contributed by atoms with Gasteiger partial charge in [0.15, 0.2) is 0 Å². The first kappa shape index (κ1) is 13.3. The van der Waals surface area contributed by atoms with Gasteiger partial charge in [0.1, 0.15) is 10.7 Å². The molecule has 0 amide bonds. The van der Waals surface area contributed by atoms with Gasteiger partial charge in [0, 0.05) is 0 Å². The van der Waals surface area contributed by atoms with Gasteiger partial charge >= 0.3 is 0 Å². The molecule has 0 fully saturated rings. The number of fused-ring (bicyclic) bond motifs is 1. The molecule has 0 radical (unpaired) electrons. The molecule has 0 N–H and O–H groups in total. The molecule has 0 bridgehead atoms. The summed E-state index contributed by atoms with van der Waals surface area (Å²) in [6, 6.07) is 11.2. The van der Waals surface area contributed by atoms with Crippen LogP contribution in [0.4, 0.5) is 4.39 Å². The molecule has 0 aliphatic heterocycles. The SMILES string of the molecule is O=S(=O)(c1ccccc1)c1ccc2c(c1F)CCCC2. The standard InChI is InChI=1S/C16H15FO2S/c17-16-14-9-5-4-6-12(14)10-11-15(16)20(18,19)13-7-2-1-3-8-13/h1-3,7-8,10-11H,4-6,9H2. The Morgan fingerprint density at radius 2 is 1.60 bits per heavy atom. The molecule has 2 aromatic rings. The van der Waals surface area contributed by atoms with Crippen LogP contribution in [0, 0.1) is 5.82 Å². The lowest BCUT2D eigenvalue weighted by atomic mass is 9.91. The van der Waals surface area contributed by atoms with Crippen molar-refractivity contribution in [2.45, 2.75) is 35.5 Å². The molecule has 2 nitrogen and oxygen atoms in total. The van der Waals surface area contributed by atoms with Gasteiger partial charge in [-0.3, -0.25) is 0 Å². The normalized spacial score (nSPS) is 14.8. The minimum Gasteiger partial charge on any atom is -0.218 e. The van der Waals surface area contributed by atoms with Crippen molar-refractivity contribution in [2.24, 2.45) is 0 Å². The first-order valence-corrected chi connectivity index (χ1v) is 8.19. The monoisotopic (exact) mass is 290 g/mol. The molecule has 2 aromatic carbocycles. The molecule has 0 unspecified atom stereocenters. The lowest BCUT2D eigenvalue weighted by molar-refractivity contribution is 0.541. The molecule has 0 aromatic heterocycles. The number of aryl methyl sites for hydroxylation is 1. The third-order valence-electron chi connectivity index (χ3n) is 3.77. The predicted octanol–water partition coefficient (Wildman–Crippen LogP) is 3.54. The third-order valence-corrected chi connectivity index (χ3v) is 5.56. The Hall–Kier alpha value is -1.68. The fraction of sp³-hybridized carbons (Fsp3) is 0.250. The maximum atomic E-state index is 14.6. The average Bonchev–Trinajstić information content (AvgIpc) is 2.48. The number of hydrogen-bond acceptors (Lipinski definition) is 2. The van der Waals surface area contributed by atoms with Gasteiger partial charge in [-0.2, -0.15) is 0 Å². The van der Waals surface area contributed by atoms with E-state index >= 15 is 0 Å². The van der Waals surface area contributed by atoms with Gasteiger partial charge in [-0.1, -0.05) is 24.3 Å². The van der Waals surface area contributed by atoms with E-state index in [1.54, 1.807) is 24.3 Å². The van der Waals surface area contributed by atoms with Crippen LogP contribution in [0.15, 0.2) is 52.3 Å². The number of sulfone groups is 1. The van der Waals surface area contributed by atoms with Crippen molar-refractivity contribution in [3.8, 4) is 0 Å². The Morgan fingerprint density at radius 3 is 2.35 bits per heavy atom. The lowest BCUT2D eigenvalue weighted by Crippen LogP contribution is -2.11. The zero-order valence-corrected chi connectivity index (χ0v) is 11.8. The van der Waals surface area contributed by atoms with Crippen molar-refractivity contribution in [1.82, 2.24) is 0 Å². The van der Waals surface area contributed by atoms with Crippen molar-refractivity contribution in [3.05, 3.63) is 59.4 Å². The largest absolute Gasteiger partial charge is 0.218 e. The van der Waals surface area contributed by atoms with E-state index in [-0.39, 0.29) is 9.79 Å². The summed E-state index contributed by atoms with van der Waals surface area (Å²) in [4.78, 5) is -0.0704. The van der Waals surface area contributed by atoms with Crippen LogP contribution in [0.5, 0.6) is 0 Å². The van der Waals surface area contributed by atoms with Crippen LogP contribution >= 0.6 is 0 Å². The van der Waals surface area contributed by atoms with E-state index in [0.717, 1.165) is 24.8 Å². The second-order valence-corrected chi connectivity index (χ2v) is 6.96. The number of halogens is 1. The zero-order valence-electron chi connectivity index (χ0n) is 11.0. The van der Waals surface area contributed by atoms with Crippen LogP contribution in [0.1, 0.15) is 24.0 Å². The lowest BCUT2D eigenvalue weighted by Gasteiger charge is -2.18. The van der Waals surface area contributed by atoms with Crippen LogP contribution < -0.4 is 0 Å². The second kappa shape index (κ2) is 5.02. The van der Waals surface area contributed by atoms with Crippen LogP contribution in [0.2, 0.25) is 0 Å². The van der Waals surface area contributed by atoms with E-state index in [9.17, 15) is 12.8 Å². The van der Waals surface area contributed by atoms with Crippen molar-refractivity contribution in [1.29, 1.82) is 0 Å². The maximum Gasteiger partial charge on any atom is 0.209 e. The molecule has 1 aliphatic carbocycles. The van der Waals surface area contributed by atoms with Gasteiger partial charge in [-0.25, -0.2) is 12.8 Å². The van der Waals surface area contributed by atoms with Crippen LogP contribution in [-0.2, 0) is 22.7 Å². The smallest absolute Gasteiger partial charge is 0.209 e. The number of hydrogen-bond donors (Lipinski definition) is 0. The highest BCUT2D eigenvalue weighted by Gasteiger charge is 2.25. The Morgan fingerprint density at radius 1 is 0.900 bits per heavy atom. The molecule has 0 heterocycles. The Labute approximate surface area is 118 Å². The Bertz CT molecular complexity index is 737. The molecule has 0 saturated carbocycles. The van der Waals surface area contributed by atoms with Gasteiger partial charge in [-0.15, -0.1) is 0 Å². The molecular weight excluding hydrogens is 275 g/mol. The maximum absolute atomic E-state index is 14.6. The van der Waals surface area contributed by atoms with Crippen LogP contribution in [0.3, 0.4) is 0 Å². The highest BCUT2D eigenvalue weighted by molar-refractivity contribution is 7.91. The fourth-order valence-corrected chi connectivity index (χ4v) is 4.07. The molecule has 0 spiro atoms. The van der Waals surface area contributed by atoms with Crippen molar-refractivity contribution < 1.29 is 12.8 Å². The number of rotatable bonds is 2. The molecule has 104 valence electrons. The van der Waals surface area contributed by atoms with Gasteiger partial charge in [0.05, 0.1) is 4.90 Å². The van der Waals surface area contributed by atoms with Crippen LogP contribution in [-0.4, -0.2) is 8.42 Å². The first-order valence-electron chi connectivity index (χ1n) is 6.71. The van der Waals surface area contributed by atoms with Crippen molar-refractivity contribution in [2.75, 3.05) is 0 Å². The molecule has 20 heavy (non-hydrogen) atoms. The molecule has 0 atom stereocenters. The van der Waals surface area contributed by atoms with Gasteiger partial charge in [0.2, 0.25) is 9.84 Å². The summed E-state index contributed by atoms with van der Waals surface area (Å²) >= 11 is 0. The quantitative estimate of drug-likeness (QED) is 0.848. The summed E-state index contributed by atoms with van der Waals surface area (Å²) in [5, 5.41) is 0. The minimum absolute atomic E-state index is 0.134. The first-order chi connectivity index (χ1) is 9.60. The Kier molecular flexibility index (Phi) is 3.34. The molecular formula is C16H15FO2S. The minimum atomic E-state index is -3.78. The summed E-state index contributed by atoms with van der Waals surface area (Å²) in [6.45, 7) is 0. The highest BCUT2D eigenvalue weighted by Crippen LogP contribution is 2.30. The molecule has 1 aliphatic rings. The predicted molar refractivity (Wildman–Crippen MR) is 74.9 cm³/mol. The Balaban J connectivity index is 2.16. The fourth-order valence-electron chi connectivity index (χ4n) is 2.70. The third kappa shape index (κ3) is 2.14. The summed E-state index contributed by atoms with van der Waals surface area (Å²) in [5.74, 6) is -0.564. The highest BCUT2D eigenvalue weighted by atomic mass is 32.2.